The minimum absolute atomic E-state index is 0.0561. The Bertz CT molecular complexity index is 1910. The van der Waals surface area contributed by atoms with E-state index >= 15 is 0 Å². The van der Waals surface area contributed by atoms with Crippen LogP contribution in [0.25, 0.3) is 0 Å². The summed E-state index contributed by atoms with van der Waals surface area (Å²) in [5.41, 5.74) is -0.628. The molecule has 1 saturated heterocycles. The minimum Gasteiger partial charge on any atom is -0.458 e. The van der Waals surface area contributed by atoms with Gasteiger partial charge in [0, 0.05) is 29.4 Å². The van der Waals surface area contributed by atoms with Gasteiger partial charge >= 0.3 is 11.9 Å². The predicted molar refractivity (Wildman–Crippen MR) is 194 cm³/mol. The zero-order valence-corrected chi connectivity index (χ0v) is 30.5. The highest BCUT2D eigenvalue weighted by Gasteiger charge is 2.68. The van der Waals surface area contributed by atoms with Crippen LogP contribution in [-0.2, 0) is 23.8 Å². The number of Topliss-reactive ketones (excluding diaryl/α,β-unsaturated/α-hetero) is 1. The average molecular weight is 722 g/mol. The monoisotopic (exact) mass is 721 g/mol. The van der Waals surface area contributed by atoms with E-state index < -0.39 is 76.6 Å². The lowest BCUT2D eigenvalue weighted by Gasteiger charge is -2.64. The van der Waals surface area contributed by atoms with E-state index in [9.17, 15) is 29.4 Å². The van der Waals surface area contributed by atoms with Crippen LogP contribution >= 0.6 is 0 Å². The Morgan fingerprint density at radius 3 is 2.09 bits per heavy atom. The predicted octanol–water partition coefficient (Wildman–Crippen LogP) is 5.54. The molecule has 53 heavy (non-hydrogen) atoms. The van der Waals surface area contributed by atoms with Gasteiger partial charge in [-0.15, -0.1) is 0 Å². The molecule has 2 saturated carbocycles. The van der Waals surface area contributed by atoms with Gasteiger partial charge in [0.05, 0.1) is 24.3 Å². The molecule has 0 spiro atoms. The van der Waals surface area contributed by atoms with E-state index in [-0.39, 0.29) is 25.2 Å². The first-order valence-corrected chi connectivity index (χ1v) is 18.4. The molecule has 2 bridgehead atoms. The first-order valence-electron chi connectivity index (χ1n) is 18.4. The number of aliphatic hydroxyl groups excluding tert-OH is 1. The number of rotatable bonds is 8. The highest BCUT2D eigenvalue weighted by atomic mass is 16.6. The number of carbonyl (C=O) groups is 4. The van der Waals surface area contributed by atoms with Crippen LogP contribution in [0, 0.1) is 22.7 Å². The van der Waals surface area contributed by atoms with E-state index in [4.69, 9.17) is 14.2 Å². The van der Waals surface area contributed by atoms with Crippen LogP contribution < -0.4 is 5.32 Å². The smallest absolute Gasteiger partial charge is 0.338 e. The summed E-state index contributed by atoms with van der Waals surface area (Å²) in [6.07, 6.45) is -2.70. The van der Waals surface area contributed by atoms with Crippen molar-refractivity contribution in [2.24, 2.45) is 22.7 Å². The van der Waals surface area contributed by atoms with Crippen LogP contribution in [0.2, 0.25) is 0 Å². The van der Waals surface area contributed by atoms with Crippen molar-refractivity contribution in [2.75, 3.05) is 6.61 Å². The Labute approximate surface area is 309 Å². The van der Waals surface area contributed by atoms with Gasteiger partial charge in [0.25, 0.3) is 5.91 Å². The van der Waals surface area contributed by atoms with Crippen LogP contribution in [-0.4, -0.2) is 70.5 Å². The molecular weight excluding hydrogens is 674 g/mol. The van der Waals surface area contributed by atoms with Gasteiger partial charge in [-0.1, -0.05) is 87.5 Å². The van der Waals surface area contributed by atoms with Crippen LogP contribution in [0.5, 0.6) is 0 Å². The summed E-state index contributed by atoms with van der Waals surface area (Å²) in [5, 5.41) is 26.7. The lowest BCUT2D eigenvalue weighted by Crippen LogP contribution is -2.73. The van der Waals surface area contributed by atoms with Gasteiger partial charge in [-0.2, -0.15) is 0 Å². The normalized spacial score (nSPS) is 31.3. The zero-order chi connectivity index (χ0) is 37.7. The number of aliphatic hydroxyl groups is 2. The molecule has 3 aromatic rings. The molecule has 278 valence electrons. The number of hydrogen-bond donors (Lipinski definition) is 3. The molecule has 4 aliphatic rings. The van der Waals surface area contributed by atoms with Crippen molar-refractivity contribution in [3.63, 3.8) is 0 Å². The molecular formula is C43H47NO9. The van der Waals surface area contributed by atoms with Crippen molar-refractivity contribution >= 4 is 23.6 Å². The van der Waals surface area contributed by atoms with E-state index in [1.54, 1.807) is 91.9 Å². The second-order valence-electron chi connectivity index (χ2n) is 16.0. The molecule has 0 aromatic heterocycles. The van der Waals surface area contributed by atoms with Gasteiger partial charge in [0.15, 0.2) is 11.9 Å². The summed E-state index contributed by atoms with van der Waals surface area (Å²) in [4.78, 5) is 55.7. The summed E-state index contributed by atoms with van der Waals surface area (Å²) in [7, 11) is 0. The molecule has 10 nitrogen and oxygen atoms in total. The van der Waals surface area contributed by atoms with Gasteiger partial charge in [-0.25, -0.2) is 9.59 Å². The van der Waals surface area contributed by atoms with Gasteiger partial charge in [0.1, 0.15) is 17.8 Å². The van der Waals surface area contributed by atoms with Crippen LogP contribution in [0.15, 0.2) is 102 Å². The van der Waals surface area contributed by atoms with Crippen LogP contribution in [0.4, 0.5) is 0 Å². The Kier molecular flexibility index (Phi) is 9.68. The third-order valence-corrected chi connectivity index (χ3v) is 12.4. The molecule has 10 heteroatoms. The van der Waals surface area contributed by atoms with Crippen molar-refractivity contribution < 1.29 is 43.6 Å². The molecule has 3 fully saturated rings. The quantitative estimate of drug-likeness (QED) is 0.255. The molecule has 3 N–H and O–H groups in total. The number of esters is 2. The summed E-state index contributed by atoms with van der Waals surface area (Å²) in [6, 6.07) is 24.7. The lowest BCUT2D eigenvalue weighted by molar-refractivity contribution is -0.319. The maximum atomic E-state index is 14.5. The molecule has 9 atom stereocenters. The van der Waals surface area contributed by atoms with Gasteiger partial charge < -0.3 is 29.7 Å². The number of ketones is 1. The summed E-state index contributed by atoms with van der Waals surface area (Å²) in [5.74, 6) is -3.36. The maximum Gasteiger partial charge on any atom is 0.338 e. The van der Waals surface area contributed by atoms with Crippen LogP contribution in [0.1, 0.15) is 85.7 Å². The Morgan fingerprint density at radius 2 is 1.49 bits per heavy atom. The Hall–Kier alpha value is -4.64. The molecule has 1 aliphatic heterocycles. The molecule has 1 heterocycles. The lowest BCUT2D eigenvalue weighted by atomic mass is 9.47. The summed E-state index contributed by atoms with van der Waals surface area (Å²) in [6.45, 7) is 7.72. The van der Waals surface area contributed by atoms with E-state index in [1.165, 1.54) is 0 Å². The molecule has 1 amide bonds. The van der Waals surface area contributed by atoms with Crippen molar-refractivity contribution in [1.82, 2.24) is 5.32 Å². The molecule has 3 aromatic carbocycles. The van der Waals surface area contributed by atoms with Gasteiger partial charge in [-0.05, 0) is 72.4 Å². The topological polar surface area (TPSA) is 148 Å². The number of allylic oxidation sites excluding steroid dienone is 1. The van der Waals surface area contributed by atoms with Crippen molar-refractivity contribution in [3.05, 3.63) is 119 Å². The van der Waals surface area contributed by atoms with Crippen LogP contribution in [0.3, 0.4) is 0 Å². The second-order valence-corrected chi connectivity index (χ2v) is 16.0. The fourth-order valence-corrected chi connectivity index (χ4v) is 9.68. The Balaban J connectivity index is 1.25. The largest absolute Gasteiger partial charge is 0.458 e. The summed E-state index contributed by atoms with van der Waals surface area (Å²) < 4.78 is 18.5. The fraction of sp³-hybridized carbons (Fsp3) is 0.442. The number of benzene rings is 3. The number of nitrogens with one attached hydrogen (secondary N) is 1. The standard InChI is InChI=1S/C43H47NO9/c1-25-31(52-40(49)35(46)34(26-14-8-5-9-15-26)44-38(47)27-16-10-6-11-17-27)22-29-36(53-39(48)28-18-12-7-13-19-28)37-42(4,21-20-32-43(37,50)24-51-32)23-30(45)33(25)41(29,2)3/h5-19,29,31-32,34-37,46,50H,20-24H2,1-4H3,(H,44,47)/t29-,31-,32+,34-,35+,36+,37-,42-,43-/m0/s1. The van der Waals surface area contributed by atoms with E-state index in [1.807, 2.05) is 26.8 Å². The van der Waals surface area contributed by atoms with Gasteiger partial charge in [-0.3, -0.25) is 9.59 Å². The number of hydrogen-bond acceptors (Lipinski definition) is 9. The number of amides is 1. The highest BCUT2D eigenvalue weighted by molar-refractivity contribution is 5.99. The molecule has 3 aliphatic carbocycles. The van der Waals surface area contributed by atoms with Crippen molar-refractivity contribution in [2.45, 2.75) is 89.4 Å². The maximum absolute atomic E-state index is 14.5. The van der Waals surface area contributed by atoms with E-state index in [0.29, 0.717) is 40.7 Å². The molecule has 0 unspecified atom stereocenters. The second kappa shape index (κ2) is 14.0. The fourth-order valence-electron chi connectivity index (χ4n) is 9.68. The van der Waals surface area contributed by atoms with E-state index in [0.717, 1.165) is 0 Å². The highest BCUT2D eigenvalue weighted by Crippen LogP contribution is 2.62. The van der Waals surface area contributed by atoms with Gasteiger partial charge in [0.2, 0.25) is 0 Å². The number of fused-ring (bicyclic) bond motifs is 5. The molecule has 0 radical (unpaired) electrons. The third-order valence-electron chi connectivity index (χ3n) is 12.4. The Morgan fingerprint density at radius 1 is 0.887 bits per heavy atom. The minimum atomic E-state index is -1.81. The number of ether oxygens (including phenoxy) is 3. The number of carbonyl (C=O) groups excluding carboxylic acids is 4. The summed E-state index contributed by atoms with van der Waals surface area (Å²) >= 11 is 0. The van der Waals surface area contributed by atoms with E-state index in [2.05, 4.69) is 5.32 Å². The van der Waals surface area contributed by atoms with Crippen molar-refractivity contribution in [3.8, 4) is 0 Å². The first kappa shape index (κ1) is 36.7. The average Bonchev–Trinajstić information content (AvgIpc) is 3.13. The third kappa shape index (κ3) is 6.51. The van der Waals surface area contributed by atoms with Crippen molar-refractivity contribution in [1.29, 1.82) is 0 Å². The SMILES string of the molecule is CC1=C2C(=O)C[C@]3(C)CC[C@H]4OC[C@@]4(O)[C@H]3[C@H](OC(=O)c3ccccc3)[C@H](C[C@@H]1OC(=O)[C@H](O)[C@@H](NC(=O)c1ccccc1)c1ccccc1)C2(C)C. The zero-order valence-electron chi connectivity index (χ0n) is 30.5. The molecule has 7 rings (SSSR count). The first-order chi connectivity index (χ1) is 25.2.